The Morgan fingerprint density at radius 3 is 2.11 bits per heavy atom. The predicted octanol–water partition coefficient (Wildman–Crippen LogP) is 2.80. The highest BCUT2D eigenvalue weighted by molar-refractivity contribution is 5.80. The molecule has 1 heterocycles. The van der Waals surface area contributed by atoms with Crippen LogP contribution in [-0.4, -0.2) is 55.5 Å². The van der Waals surface area contributed by atoms with Crippen LogP contribution in [-0.2, 0) is 38.7 Å². The van der Waals surface area contributed by atoms with Crippen LogP contribution in [0, 0.1) is 0 Å². The molecule has 12 heteroatoms. The minimum atomic E-state index is -1.15. The van der Waals surface area contributed by atoms with E-state index in [0.717, 1.165) is 11.1 Å². The zero-order valence-electron chi connectivity index (χ0n) is 20.8. The molecule has 0 aliphatic heterocycles. The SMILES string of the molecule is CC(C)(C)OC(=O)NOCc1cn(Cc2ccc(CC(NC(=O)OC(C)(C)C)C(=O)O)cc2)nn1. The number of hydroxylamine groups is 1. The summed E-state index contributed by atoms with van der Waals surface area (Å²) in [4.78, 5) is 40.2. The van der Waals surface area contributed by atoms with Gasteiger partial charge in [-0.15, -0.1) is 5.10 Å². The van der Waals surface area contributed by atoms with Gasteiger partial charge in [0, 0.05) is 6.42 Å². The first-order valence-corrected chi connectivity index (χ1v) is 11.0. The van der Waals surface area contributed by atoms with Crippen LogP contribution in [0.5, 0.6) is 0 Å². The number of carbonyl (C=O) groups is 3. The van der Waals surface area contributed by atoms with Gasteiger partial charge in [0.2, 0.25) is 0 Å². The Hall–Kier alpha value is -3.67. The van der Waals surface area contributed by atoms with Crippen LogP contribution in [0.15, 0.2) is 30.5 Å². The molecule has 35 heavy (non-hydrogen) atoms. The lowest BCUT2D eigenvalue weighted by Gasteiger charge is -2.22. The zero-order valence-corrected chi connectivity index (χ0v) is 20.8. The molecule has 2 aromatic rings. The molecule has 3 N–H and O–H groups in total. The Balaban J connectivity index is 1.86. The van der Waals surface area contributed by atoms with Crippen molar-refractivity contribution in [3.8, 4) is 0 Å². The van der Waals surface area contributed by atoms with E-state index < -0.39 is 35.4 Å². The van der Waals surface area contributed by atoms with E-state index in [9.17, 15) is 19.5 Å². The monoisotopic (exact) mass is 491 g/mol. The Labute approximate surface area is 203 Å². The van der Waals surface area contributed by atoms with Gasteiger partial charge in [0.05, 0.1) is 12.7 Å². The summed E-state index contributed by atoms with van der Waals surface area (Å²) in [7, 11) is 0. The number of aromatic nitrogens is 3. The molecule has 0 aliphatic rings. The Morgan fingerprint density at radius 1 is 0.971 bits per heavy atom. The molecule has 12 nitrogen and oxygen atoms in total. The summed E-state index contributed by atoms with van der Waals surface area (Å²) >= 11 is 0. The topological polar surface area (TPSA) is 154 Å². The second-order valence-electron chi connectivity index (χ2n) is 9.86. The summed E-state index contributed by atoms with van der Waals surface area (Å²) in [6.45, 7) is 10.8. The fourth-order valence-electron chi connectivity index (χ4n) is 2.80. The van der Waals surface area contributed by atoms with E-state index in [1.165, 1.54) is 0 Å². The number of carboxylic acids is 1. The number of rotatable bonds is 9. The standard InChI is InChI=1S/C23H33N5O7/c1-22(2,3)34-20(31)24-18(19(29)30)11-15-7-9-16(10-8-15)12-28-13-17(25-27-28)14-33-26-21(32)35-23(4,5)6/h7-10,13,18H,11-12,14H2,1-6H3,(H,24,31)(H,26,32)(H,29,30). The predicted molar refractivity (Wildman–Crippen MR) is 124 cm³/mol. The van der Waals surface area contributed by atoms with Crippen LogP contribution in [0.25, 0.3) is 0 Å². The van der Waals surface area contributed by atoms with Crippen LogP contribution < -0.4 is 10.8 Å². The number of benzene rings is 1. The van der Waals surface area contributed by atoms with Crippen molar-refractivity contribution in [2.75, 3.05) is 0 Å². The molecule has 0 spiro atoms. The highest BCUT2D eigenvalue weighted by atomic mass is 16.7. The molecule has 1 unspecified atom stereocenters. The number of nitrogens with zero attached hydrogens (tertiary/aromatic N) is 3. The molecule has 192 valence electrons. The van der Waals surface area contributed by atoms with Gasteiger partial charge in [-0.1, -0.05) is 29.5 Å². The molecule has 0 fully saturated rings. The third-order valence-corrected chi connectivity index (χ3v) is 4.16. The Bertz CT molecular complexity index is 1010. The number of hydrogen-bond acceptors (Lipinski definition) is 8. The maximum Gasteiger partial charge on any atom is 0.431 e. The van der Waals surface area contributed by atoms with Crippen molar-refractivity contribution in [1.29, 1.82) is 0 Å². The van der Waals surface area contributed by atoms with E-state index in [0.29, 0.717) is 12.2 Å². The van der Waals surface area contributed by atoms with Gasteiger partial charge in [-0.2, -0.15) is 5.48 Å². The van der Waals surface area contributed by atoms with E-state index in [4.69, 9.17) is 14.3 Å². The third kappa shape index (κ3) is 10.9. The molecule has 0 saturated heterocycles. The maximum absolute atomic E-state index is 11.9. The van der Waals surface area contributed by atoms with Crippen molar-refractivity contribution in [1.82, 2.24) is 25.8 Å². The molecular formula is C23H33N5O7. The van der Waals surface area contributed by atoms with Crippen LogP contribution >= 0.6 is 0 Å². The average molecular weight is 492 g/mol. The number of aliphatic carboxylic acids is 1. The number of amides is 2. The normalized spacial score (nSPS) is 12.5. The summed E-state index contributed by atoms with van der Waals surface area (Å²) < 4.78 is 11.8. The summed E-state index contributed by atoms with van der Waals surface area (Å²) in [6, 6.07) is 6.12. The second-order valence-corrected chi connectivity index (χ2v) is 9.86. The van der Waals surface area contributed by atoms with Crippen molar-refractivity contribution < 1.29 is 33.8 Å². The van der Waals surface area contributed by atoms with Gasteiger partial charge in [-0.3, -0.25) is 4.84 Å². The molecule has 1 aromatic heterocycles. The number of alkyl carbamates (subject to hydrolysis) is 1. The summed E-state index contributed by atoms with van der Waals surface area (Å²) in [5.41, 5.74) is 2.98. The van der Waals surface area contributed by atoms with E-state index in [1.54, 1.807) is 64.6 Å². The second kappa shape index (κ2) is 11.6. The van der Waals surface area contributed by atoms with Crippen molar-refractivity contribution >= 4 is 18.2 Å². The molecule has 2 rings (SSSR count). The van der Waals surface area contributed by atoms with Gasteiger partial charge in [0.1, 0.15) is 29.5 Å². The van der Waals surface area contributed by atoms with Crippen LogP contribution in [0.3, 0.4) is 0 Å². The zero-order chi connectivity index (χ0) is 26.2. The van der Waals surface area contributed by atoms with Gasteiger partial charge >= 0.3 is 18.2 Å². The van der Waals surface area contributed by atoms with Gasteiger partial charge in [-0.25, -0.2) is 19.1 Å². The first kappa shape index (κ1) is 27.6. The molecule has 0 radical (unpaired) electrons. The number of carboxylic acid groups (broad SMARTS) is 1. The first-order valence-electron chi connectivity index (χ1n) is 11.0. The molecule has 0 aliphatic carbocycles. The van der Waals surface area contributed by atoms with Crippen molar-refractivity contribution in [3.05, 3.63) is 47.3 Å². The third-order valence-electron chi connectivity index (χ3n) is 4.16. The summed E-state index contributed by atoms with van der Waals surface area (Å²) in [5, 5.41) is 19.8. The van der Waals surface area contributed by atoms with Crippen LogP contribution in [0.1, 0.15) is 58.4 Å². The van der Waals surface area contributed by atoms with Crippen molar-refractivity contribution in [3.63, 3.8) is 0 Å². The Kier molecular flexibility index (Phi) is 9.18. The summed E-state index contributed by atoms with van der Waals surface area (Å²) in [5.74, 6) is -1.15. The average Bonchev–Trinajstić information content (AvgIpc) is 3.13. The molecule has 0 bridgehead atoms. The largest absolute Gasteiger partial charge is 0.480 e. The maximum atomic E-state index is 11.9. The van der Waals surface area contributed by atoms with Gasteiger partial charge in [0.15, 0.2) is 0 Å². The van der Waals surface area contributed by atoms with Crippen LogP contribution in [0.2, 0.25) is 0 Å². The smallest absolute Gasteiger partial charge is 0.431 e. The van der Waals surface area contributed by atoms with Crippen LogP contribution in [0.4, 0.5) is 9.59 Å². The van der Waals surface area contributed by atoms with E-state index in [-0.39, 0.29) is 13.0 Å². The fourth-order valence-corrected chi connectivity index (χ4v) is 2.80. The highest BCUT2D eigenvalue weighted by Crippen LogP contribution is 2.11. The lowest BCUT2D eigenvalue weighted by molar-refractivity contribution is -0.139. The summed E-state index contributed by atoms with van der Waals surface area (Å²) in [6.07, 6.45) is 0.297. The number of nitrogens with one attached hydrogen (secondary N) is 2. The van der Waals surface area contributed by atoms with Gasteiger partial charge in [-0.05, 0) is 52.7 Å². The molecule has 1 aromatic carbocycles. The number of ether oxygens (including phenoxy) is 2. The van der Waals surface area contributed by atoms with Gasteiger partial charge < -0.3 is 19.9 Å². The lowest BCUT2D eigenvalue weighted by atomic mass is 10.0. The van der Waals surface area contributed by atoms with E-state index >= 15 is 0 Å². The van der Waals surface area contributed by atoms with E-state index in [1.807, 2.05) is 12.1 Å². The number of carbonyl (C=O) groups excluding carboxylic acids is 2. The number of hydrogen-bond donors (Lipinski definition) is 3. The van der Waals surface area contributed by atoms with E-state index in [2.05, 4.69) is 21.1 Å². The molecular weight excluding hydrogens is 458 g/mol. The quantitative estimate of drug-likeness (QED) is 0.449. The Morgan fingerprint density at radius 2 is 1.54 bits per heavy atom. The van der Waals surface area contributed by atoms with Crippen molar-refractivity contribution in [2.45, 2.75) is 78.4 Å². The molecule has 0 saturated carbocycles. The highest BCUT2D eigenvalue weighted by Gasteiger charge is 2.24. The lowest BCUT2D eigenvalue weighted by Crippen LogP contribution is -2.44. The minimum Gasteiger partial charge on any atom is -0.480 e. The van der Waals surface area contributed by atoms with Gasteiger partial charge in [0.25, 0.3) is 0 Å². The first-order chi connectivity index (χ1) is 16.2. The minimum absolute atomic E-state index is 0.0133. The molecule has 1 atom stereocenters. The van der Waals surface area contributed by atoms with Crippen molar-refractivity contribution in [2.24, 2.45) is 0 Å². The molecule has 2 amide bonds. The fraction of sp³-hybridized carbons (Fsp3) is 0.522.